The van der Waals surface area contributed by atoms with Crippen LogP contribution in [0.1, 0.15) is 30.4 Å². The van der Waals surface area contributed by atoms with E-state index in [-0.39, 0.29) is 30.8 Å². The first kappa shape index (κ1) is 19.4. The van der Waals surface area contributed by atoms with Gasteiger partial charge in [-0.05, 0) is 25.3 Å². The molecule has 3 rings (SSSR count). The van der Waals surface area contributed by atoms with Gasteiger partial charge in [0, 0.05) is 38.8 Å². The monoisotopic (exact) mass is 374 g/mol. The largest absolute Gasteiger partial charge is 0.480 e. The third kappa shape index (κ3) is 4.86. The van der Waals surface area contributed by atoms with E-state index in [1.807, 2.05) is 31.2 Å². The summed E-state index contributed by atoms with van der Waals surface area (Å²) in [5, 5.41) is 9.22. The van der Waals surface area contributed by atoms with E-state index >= 15 is 0 Å². The number of benzene rings is 1. The van der Waals surface area contributed by atoms with E-state index in [0.29, 0.717) is 39.1 Å². The summed E-state index contributed by atoms with van der Waals surface area (Å²) in [6.45, 7) is 3.54. The second kappa shape index (κ2) is 8.52. The van der Waals surface area contributed by atoms with Crippen LogP contribution in [0.3, 0.4) is 0 Å². The number of ether oxygens (including phenoxy) is 1. The molecular weight excluding hydrogens is 348 g/mol. The number of nitrogens with zero attached hydrogens (tertiary/aromatic N) is 2. The number of carboxylic acids is 1. The number of carboxylic acid groups (broad SMARTS) is 1. The highest BCUT2D eigenvalue weighted by Crippen LogP contribution is 2.25. The number of carbonyl (C=O) groups is 3. The van der Waals surface area contributed by atoms with Gasteiger partial charge in [-0.1, -0.05) is 29.8 Å². The topological polar surface area (TPSA) is 87.2 Å². The Morgan fingerprint density at radius 2 is 1.89 bits per heavy atom. The summed E-state index contributed by atoms with van der Waals surface area (Å²) in [5.41, 5.74) is 2.18. The Balaban J connectivity index is 1.66. The molecule has 2 aliphatic rings. The predicted octanol–water partition coefficient (Wildman–Crippen LogP) is 1.44. The van der Waals surface area contributed by atoms with Crippen LogP contribution in [-0.2, 0) is 25.7 Å². The van der Waals surface area contributed by atoms with Crippen LogP contribution in [-0.4, -0.2) is 65.0 Å². The summed E-state index contributed by atoms with van der Waals surface area (Å²) in [4.78, 5) is 39.8. The predicted molar refractivity (Wildman–Crippen MR) is 97.9 cm³/mol. The number of rotatable bonds is 6. The van der Waals surface area contributed by atoms with Gasteiger partial charge in [0.05, 0.1) is 5.92 Å². The minimum absolute atomic E-state index is 0.0591. The lowest BCUT2D eigenvalue weighted by molar-refractivity contribution is -0.149. The summed E-state index contributed by atoms with van der Waals surface area (Å²) in [7, 11) is 0. The third-order valence-corrected chi connectivity index (χ3v) is 5.28. The van der Waals surface area contributed by atoms with Crippen molar-refractivity contribution < 1.29 is 24.2 Å². The Morgan fingerprint density at radius 1 is 1.22 bits per heavy atom. The first-order valence-corrected chi connectivity index (χ1v) is 9.37. The lowest BCUT2D eigenvalue weighted by atomic mass is 10.0. The number of carbonyl (C=O) groups excluding carboxylic acids is 2. The highest BCUT2D eigenvalue weighted by Gasteiger charge is 2.39. The summed E-state index contributed by atoms with van der Waals surface area (Å²) in [6, 6.07) is 7.83. The standard InChI is InChI=1S/C20H26N2O5/c1-14-2-4-15(5-3-14)11-21-12-16(10-18(21)23)20(26)22(13-19(24)25)17-6-8-27-9-7-17/h2-5,16-17H,6-13H2,1H3,(H,24,25)/t16-/m1/s1. The molecule has 1 N–H and O–H groups in total. The number of amides is 2. The maximum absolute atomic E-state index is 13.0. The zero-order chi connectivity index (χ0) is 19.4. The molecule has 1 aromatic carbocycles. The van der Waals surface area contributed by atoms with Gasteiger partial charge in [0.2, 0.25) is 11.8 Å². The number of aliphatic carboxylic acids is 1. The molecule has 7 nitrogen and oxygen atoms in total. The Morgan fingerprint density at radius 3 is 2.52 bits per heavy atom. The van der Waals surface area contributed by atoms with Gasteiger partial charge in [-0.3, -0.25) is 14.4 Å². The van der Waals surface area contributed by atoms with E-state index in [0.717, 1.165) is 11.1 Å². The van der Waals surface area contributed by atoms with Crippen molar-refractivity contribution in [2.45, 2.75) is 38.8 Å². The molecule has 27 heavy (non-hydrogen) atoms. The van der Waals surface area contributed by atoms with Gasteiger partial charge in [0.15, 0.2) is 0 Å². The highest BCUT2D eigenvalue weighted by atomic mass is 16.5. The molecule has 146 valence electrons. The molecule has 2 heterocycles. The Kier molecular flexibility index (Phi) is 6.11. The lowest BCUT2D eigenvalue weighted by Gasteiger charge is -2.34. The first-order chi connectivity index (χ1) is 12.9. The molecule has 2 saturated heterocycles. The van der Waals surface area contributed by atoms with Gasteiger partial charge >= 0.3 is 5.97 Å². The fourth-order valence-electron chi connectivity index (χ4n) is 3.77. The lowest BCUT2D eigenvalue weighted by Crippen LogP contribution is -2.48. The normalized spacial score (nSPS) is 20.7. The van der Waals surface area contributed by atoms with Crippen LogP contribution in [0.4, 0.5) is 0 Å². The number of hydrogen-bond acceptors (Lipinski definition) is 4. The smallest absolute Gasteiger partial charge is 0.323 e. The molecule has 2 amide bonds. The van der Waals surface area contributed by atoms with Crippen molar-refractivity contribution in [1.29, 1.82) is 0 Å². The van der Waals surface area contributed by atoms with Gasteiger partial charge in [-0.15, -0.1) is 0 Å². The van der Waals surface area contributed by atoms with Crippen LogP contribution in [0.25, 0.3) is 0 Å². The van der Waals surface area contributed by atoms with Crippen LogP contribution < -0.4 is 0 Å². The van der Waals surface area contributed by atoms with Gasteiger partial charge in [0.25, 0.3) is 0 Å². The minimum Gasteiger partial charge on any atom is -0.480 e. The number of hydrogen-bond donors (Lipinski definition) is 1. The Hall–Kier alpha value is -2.41. The summed E-state index contributed by atoms with van der Waals surface area (Å²) >= 11 is 0. The van der Waals surface area contributed by atoms with Crippen LogP contribution in [0.15, 0.2) is 24.3 Å². The molecule has 1 aromatic rings. The van der Waals surface area contributed by atoms with Crippen molar-refractivity contribution in [3.63, 3.8) is 0 Å². The van der Waals surface area contributed by atoms with E-state index in [1.54, 1.807) is 4.90 Å². The second-order valence-electron chi connectivity index (χ2n) is 7.36. The fraction of sp³-hybridized carbons (Fsp3) is 0.550. The second-order valence-corrected chi connectivity index (χ2v) is 7.36. The molecule has 2 aliphatic heterocycles. The number of aryl methyl sites for hydroxylation is 1. The summed E-state index contributed by atoms with van der Waals surface area (Å²) in [6.07, 6.45) is 1.41. The average Bonchev–Trinajstić information content (AvgIpc) is 3.02. The van der Waals surface area contributed by atoms with Gasteiger partial charge in [-0.25, -0.2) is 0 Å². The van der Waals surface area contributed by atoms with Gasteiger partial charge in [0.1, 0.15) is 6.54 Å². The van der Waals surface area contributed by atoms with E-state index < -0.39 is 11.9 Å². The van der Waals surface area contributed by atoms with Crippen molar-refractivity contribution in [2.75, 3.05) is 26.3 Å². The molecule has 1 atom stereocenters. The van der Waals surface area contributed by atoms with Crippen molar-refractivity contribution in [3.8, 4) is 0 Å². The van der Waals surface area contributed by atoms with Crippen LogP contribution in [0.2, 0.25) is 0 Å². The maximum Gasteiger partial charge on any atom is 0.323 e. The molecule has 2 fully saturated rings. The van der Waals surface area contributed by atoms with Crippen molar-refractivity contribution in [3.05, 3.63) is 35.4 Å². The van der Waals surface area contributed by atoms with Crippen LogP contribution in [0.5, 0.6) is 0 Å². The van der Waals surface area contributed by atoms with Crippen LogP contribution in [0, 0.1) is 12.8 Å². The zero-order valence-corrected chi connectivity index (χ0v) is 15.6. The highest BCUT2D eigenvalue weighted by molar-refractivity contribution is 5.90. The molecule has 7 heteroatoms. The zero-order valence-electron chi connectivity index (χ0n) is 15.6. The third-order valence-electron chi connectivity index (χ3n) is 5.28. The number of likely N-dealkylation sites (tertiary alicyclic amines) is 1. The molecule has 0 spiro atoms. The van der Waals surface area contributed by atoms with Gasteiger partial charge < -0.3 is 19.6 Å². The van der Waals surface area contributed by atoms with Crippen LogP contribution >= 0.6 is 0 Å². The van der Waals surface area contributed by atoms with E-state index in [1.165, 1.54) is 4.90 Å². The molecule has 0 aromatic heterocycles. The fourth-order valence-corrected chi connectivity index (χ4v) is 3.77. The summed E-state index contributed by atoms with van der Waals surface area (Å²) in [5.74, 6) is -1.80. The average molecular weight is 374 g/mol. The SMILES string of the molecule is Cc1ccc(CN2C[C@H](C(=O)N(CC(=O)O)C3CCOCC3)CC2=O)cc1. The quantitative estimate of drug-likeness (QED) is 0.814. The minimum atomic E-state index is -1.03. The molecule has 0 bridgehead atoms. The maximum atomic E-state index is 13.0. The Labute approximate surface area is 158 Å². The molecular formula is C20H26N2O5. The van der Waals surface area contributed by atoms with Gasteiger partial charge in [-0.2, -0.15) is 0 Å². The van der Waals surface area contributed by atoms with Crippen molar-refractivity contribution >= 4 is 17.8 Å². The van der Waals surface area contributed by atoms with E-state index in [9.17, 15) is 19.5 Å². The molecule has 0 unspecified atom stereocenters. The van der Waals surface area contributed by atoms with E-state index in [4.69, 9.17) is 4.74 Å². The van der Waals surface area contributed by atoms with Crippen molar-refractivity contribution in [1.82, 2.24) is 9.80 Å². The van der Waals surface area contributed by atoms with E-state index in [2.05, 4.69) is 0 Å². The molecule has 0 radical (unpaired) electrons. The first-order valence-electron chi connectivity index (χ1n) is 9.37. The molecule has 0 aliphatic carbocycles. The Bertz CT molecular complexity index is 697. The molecule has 0 saturated carbocycles. The summed E-state index contributed by atoms with van der Waals surface area (Å²) < 4.78 is 5.32. The van der Waals surface area contributed by atoms with Crippen molar-refractivity contribution in [2.24, 2.45) is 5.92 Å².